The van der Waals surface area contributed by atoms with Gasteiger partial charge >= 0.3 is 5.97 Å². The van der Waals surface area contributed by atoms with E-state index in [9.17, 15) is 4.79 Å². The first-order valence-corrected chi connectivity index (χ1v) is 6.12. The molecule has 6 nitrogen and oxygen atoms in total. The molecule has 0 amide bonds. The van der Waals surface area contributed by atoms with Crippen molar-refractivity contribution in [1.29, 1.82) is 0 Å². The smallest absolute Gasteiger partial charge is 0.341 e. The molecule has 0 saturated heterocycles. The zero-order valence-corrected chi connectivity index (χ0v) is 11.3. The van der Waals surface area contributed by atoms with Crippen LogP contribution in [0.4, 0.5) is 11.5 Å². The zero-order chi connectivity index (χ0) is 14.5. The van der Waals surface area contributed by atoms with E-state index in [0.29, 0.717) is 17.1 Å². The summed E-state index contributed by atoms with van der Waals surface area (Å²) in [6.45, 7) is 1.97. The number of nitrogens with two attached hydrogens (primary N) is 1. The quantitative estimate of drug-likeness (QED) is 0.827. The molecule has 104 valence electrons. The van der Waals surface area contributed by atoms with Gasteiger partial charge in [-0.25, -0.2) is 9.78 Å². The number of hydrogen-bond acceptors (Lipinski definition) is 6. The van der Waals surface area contributed by atoms with E-state index in [4.69, 9.17) is 10.5 Å². The van der Waals surface area contributed by atoms with Gasteiger partial charge in [0.2, 0.25) is 0 Å². The molecular formula is C14H16N4O2. The molecule has 0 bridgehead atoms. The maximum Gasteiger partial charge on any atom is 0.341 e. The molecule has 6 heteroatoms. The zero-order valence-electron chi connectivity index (χ0n) is 11.3. The number of hydrogen-bond donors (Lipinski definition) is 2. The van der Waals surface area contributed by atoms with E-state index < -0.39 is 5.97 Å². The molecule has 2 aromatic rings. The van der Waals surface area contributed by atoms with Crippen molar-refractivity contribution < 1.29 is 9.53 Å². The summed E-state index contributed by atoms with van der Waals surface area (Å²) in [5.74, 6) is -0.0374. The standard InChI is InChI=1S/C14H16N4O2/c1-9(10-3-5-16-6-4-10)18-13-12(14(19)20-2)7-11(15)8-17-13/h3-9H,15H2,1-2H3,(H,17,18). The fourth-order valence-electron chi connectivity index (χ4n) is 1.80. The number of methoxy groups -OCH3 is 1. The number of ether oxygens (including phenoxy) is 1. The Labute approximate surface area is 117 Å². The molecule has 2 heterocycles. The summed E-state index contributed by atoms with van der Waals surface area (Å²) in [5, 5.41) is 3.17. The van der Waals surface area contributed by atoms with Crippen LogP contribution in [0.3, 0.4) is 0 Å². The lowest BCUT2D eigenvalue weighted by molar-refractivity contribution is 0.0601. The van der Waals surface area contributed by atoms with Crippen LogP contribution in [0.2, 0.25) is 0 Å². The van der Waals surface area contributed by atoms with E-state index in [1.165, 1.54) is 13.3 Å². The van der Waals surface area contributed by atoms with Crippen LogP contribution in [0.1, 0.15) is 28.9 Å². The Morgan fingerprint density at radius 3 is 2.75 bits per heavy atom. The number of nitrogens with one attached hydrogen (secondary N) is 1. The normalized spacial score (nSPS) is 11.7. The molecule has 0 aliphatic heterocycles. The van der Waals surface area contributed by atoms with E-state index in [-0.39, 0.29) is 6.04 Å². The van der Waals surface area contributed by atoms with Crippen LogP contribution in [-0.2, 0) is 4.74 Å². The van der Waals surface area contributed by atoms with E-state index in [0.717, 1.165) is 5.56 Å². The average molecular weight is 272 g/mol. The van der Waals surface area contributed by atoms with Crippen LogP contribution in [0.25, 0.3) is 0 Å². The van der Waals surface area contributed by atoms with Crippen LogP contribution in [0.15, 0.2) is 36.8 Å². The molecular weight excluding hydrogens is 256 g/mol. The lowest BCUT2D eigenvalue weighted by atomic mass is 10.1. The summed E-state index contributed by atoms with van der Waals surface area (Å²) in [4.78, 5) is 19.9. The molecule has 0 radical (unpaired) electrons. The molecule has 1 atom stereocenters. The van der Waals surface area contributed by atoms with E-state index in [1.54, 1.807) is 18.5 Å². The fraction of sp³-hybridized carbons (Fsp3) is 0.214. The highest BCUT2D eigenvalue weighted by molar-refractivity contribution is 5.95. The fourth-order valence-corrected chi connectivity index (χ4v) is 1.80. The van der Waals surface area contributed by atoms with Crippen LogP contribution < -0.4 is 11.1 Å². The molecule has 3 N–H and O–H groups in total. The molecule has 20 heavy (non-hydrogen) atoms. The SMILES string of the molecule is COC(=O)c1cc(N)cnc1NC(C)c1ccncc1. The third-order valence-electron chi connectivity index (χ3n) is 2.87. The molecule has 1 unspecified atom stereocenters. The lowest BCUT2D eigenvalue weighted by Gasteiger charge is -2.16. The average Bonchev–Trinajstić information content (AvgIpc) is 2.49. The third kappa shape index (κ3) is 3.03. The first kappa shape index (κ1) is 13.8. The van der Waals surface area contributed by atoms with Gasteiger partial charge in [0.1, 0.15) is 11.4 Å². The first-order chi connectivity index (χ1) is 9.61. The van der Waals surface area contributed by atoms with Crippen LogP contribution in [-0.4, -0.2) is 23.0 Å². The van der Waals surface area contributed by atoms with Gasteiger partial charge in [-0.3, -0.25) is 4.98 Å². The van der Waals surface area contributed by atoms with Crippen LogP contribution in [0, 0.1) is 0 Å². The number of anilines is 2. The summed E-state index contributed by atoms with van der Waals surface area (Å²) in [6, 6.07) is 5.30. The minimum atomic E-state index is -0.478. The maximum absolute atomic E-state index is 11.7. The van der Waals surface area contributed by atoms with Gasteiger partial charge in [-0.15, -0.1) is 0 Å². The predicted octanol–water partition coefficient (Wildman–Crippen LogP) is 2.02. The Balaban J connectivity index is 2.27. The number of pyridine rings is 2. The lowest BCUT2D eigenvalue weighted by Crippen LogP contribution is -2.13. The summed E-state index contributed by atoms with van der Waals surface area (Å²) >= 11 is 0. The summed E-state index contributed by atoms with van der Waals surface area (Å²) in [5.41, 5.74) is 7.42. The molecule has 0 saturated carbocycles. The number of nitrogens with zero attached hydrogens (tertiary/aromatic N) is 2. The third-order valence-corrected chi connectivity index (χ3v) is 2.87. The molecule has 0 aromatic carbocycles. The van der Waals surface area contributed by atoms with Crippen molar-refractivity contribution >= 4 is 17.5 Å². The summed E-state index contributed by atoms with van der Waals surface area (Å²) in [7, 11) is 1.32. The number of esters is 1. The van der Waals surface area contributed by atoms with Gasteiger partial charge in [-0.05, 0) is 30.7 Å². The molecule has 0 spiro atoms. The predicted molar refractivity (Wildman–Crippen MR) is 76.3 cm³/mol. The van der Waals surface area contributed by atoms with Crippen molar-refractivity contribution in [3.05, 3.63) is 47.9 Å². The Bertz CT molecular complexity index is 601. The van der Waals surface area contributed by atoms with Gasteiger partial charge in [0, 0.05) is 12.4 Å². The monoisotopic (exact) mass is 272 g/mol. The van der Waals surface area contributed by atoms with Crippen LogP contribution >= 0.6 is 0 Å². The Morgan fingerprint density at radius 1 is 1.40 bits per heavy atom. The first-order valence-electron chi connectivity index (χ1n) is 6.12. The van der Waals surface area contributed by atoms with Gasteiger partial charge in [-0.1, -0.05) is 0 Å². The highest BCUT2D eigenvalue weighted by Gasteiger charge is 2.16. The van der Waals surface area contributed by atoms with Crippen molar-refractivity contribution in [2.24, 2.45) is 0 Å². The second-order valence-electron chi connectivity index (χ2n) is 4.30. The summed E-state index contributed by atoms with van der Waals surface area (Å²) < 4.78 is 4.73. The van der Waals surface area contributed by atoms with Crippen molar-refractivity contribution in [1.82, 2.24) is 9.97 Å². The minimum Gasteiger partial charge on any atom is -0.465 e. The summed E-state index contributed by atoms with van der Waals surface area (Å²) in [6.07, 6.45) is 4.92. The number of carbonyl (C=O) groups excluding carboxylic acids is 1. The Morgan fingerprint density at radius 2 is 2.10 bits per heavy atom. The van der Waals surface area contributed by atoms with Gasteiger partial charge < -0.3 is 15.8 Å². The highest BCUT2D eigenvalue weighted by atomic mass is 16.5. The highest BCUT2D eigenvalue weighted by Crippen LogP contribution is 2.22. The van der Waals surface area contributed by atoms with Crippen molar-refractivity contribution in [2.75, 3.05) is 18.2 Å². The van der Waals surface area contributed by atoms with Gasteiger partial charge in [0.05, 0.1) is 25.0 Å². The van der Waals surface area contributed by atoms with Crippen molar-refractivity contribution in [3.63, 3.8) is 0 Å². The van der Waals surface area contributed by atoms with Crippen LogP contribution in [0.5, 0.6) is 0 Å². The van der Waals surface area contributed by atoms with Crippen molar-refractivity contribution in [2.45, 2.75) is 13.0 Å². The van der Waals surface area contributed by atoms with Crippen molar-refractivity contribution in [3.8, 4) is 0 Å². The molecule has 0 aliphatic carbocycles. The molecule has 0 fully saturated rings. The number of rotatable bonds is 4. The van der Waals surface area contributed by atoms with E-state index in [2.05, 4.69) is 15.3 Å². The topological polar surface area (TPSA) is 90.1 Å². The largest absolute Gasteiger partial charge is 0.465 e. The Kier molecular flexibility index (Phi) is 4.14. The van der Waals surface area contributed by atoms with E-state index >= 15 is 0 Å². The number of nitrogen functional groups attached to an aromatic ring is 1. The molecule has 0 aliphatic rings. The van der Waals surface area contributed by atoms with Gasteiger partial charge in [-0.2, -0.15) is 0 Å². The Hall–Kier alpha value is -2.63. The second-order valence-corrected chi connectivity index (χ2v) is 4.30. The second kappa shape index (κ2) is 6.01. The number of aromatic nitrogens is 2. The van der Waals surface area contributed by atoms with E-state index in [1.807, 2.05) is 19.1 Å². The van der Waals surface area contributed by atoms with Gasteiger partial charge in [0.25, 0.3) is 0 Å². The maximum atomic E-state index is 11.7. The molecule has 2 aromatic heterocycles. The molecule has 2 rings (SSSR count). The minimum absolute atomic E-state index is 0.0301. The van der Waals surface area contributed by atoms with Gasteiger partial charge in [0.15, 0.2) is 0 Å². The number of carbonyl (C=O) groups is 1.